The number of ether oxygens (including phenoxy) is 1. The van der Waals surface area contributed by atoms with Crippen molar-refractivity contribution in [2.45, 2.75) is 26.2 Å². The molecule has 1 aromatic carbocycles. The number of benzene rings is 1. The molecular weight excluding hydrogens is 304 g/mol. The highest BCUT2D eigenvalue weighted by Crippen LogP contribution is 2.27. The van der Waals surface area contributed by atoms with E-state index in [1.165, 1.54) is 0 Å². The number of aromatic nitrogens is 1. The Labute approximate surface area is 140 Å². The molecule has 0 unspecified atom stereocenters. The van der Waals surface area contributed by atoms with Gasteiger partial charge >= 0.3 is 0 Å². The standard InChI is InChI=1S/C18H18N4O2/c1-18(2,3)17-21-14(9-19)16(24-17)22-20-10-12-8-13-6-4-5-7-15(13)23-11-12/h4-8,10,22H,11H2,1-3H3/b20-10+. The van der Waals surface area contributed by atoms with Crippen LogP contribution in [0.5, 0.6) is 5.75 Å². The van der Waals surface area contributed by atoms with Crippen molar-refractivity contribution in [2.75, 3.05) is 12.0 Å². The second-order valence-electron chi connectivity index (χ2n) is 6.47. The number of anilines is 1. The number of oxazole rings is 1. The third-order valence-corrected chi connectivity index (χ3v) is 3.43. The van der Waals surface area contributed by atoms with Crippen LogP contribution in [0.2, 0.25) is 0 Å². The van der Waals surface area contributed by atoms with Gasteiger partial charge in [0.25, 0.3) is 5.88 Å². The van der Waals surface area contributed by atoms with E-state index in [1.807, 2.05) is 57.2 Å². The summed E-state index contributed by atoms with van der Waals surface area (Å²) in [7, 11) is 0. The summed E-state index contributed by atoms with van der Waals surface area (Å²) < 4.78 is 11.3. The van der Waals surface area contributed by atoms with Gasteiger partial charge in [-0.1, -0.05) is 39.0 Å². The van der Waals surface area contributed by atoms with E-state index in [-0.39, 0.29) is 17.0 Å². The number of hydrazone groups is 1. The Balaban J connectivity index is 1.75. The average molecular weight is 322 g/mol. The Morgan fingerprint density at radius 1 is 1.33 bits per heavy atom. The zero-order valence-corrected chi connectivity index (χ0v) is 13.8. The summed E-state index contributed by atoms with van der Waals surface area (Å²) in [6.07, 6.45) is 3.66. The molecule has 0 aliphatic carbocycles. The maximum Gasteiger partial charge on any atom is 0.252 e. The maximum atomic E-state index is 9.16. The Bertz CT molecular complexity index is 851. The molecule has 0 atom stereocenters. The Hall–Kier alpha value is -3.07. The first-order valence-corrected chi connectivity index (χ1v) is 7.60. The predicted molar refractivity (Wildman–Crippen MR) is 91.9 cm³/mol. The Morgan fingerprint density at radius 3 is 2.88 bits per heavy atom. The second kappa shape index (κ2) is 6.20. The summed E-state index contributed by atoms with van der Waals surface area (Å²) in [6, 6.07) is 9.82. The normalized spacial score (nSPS) is 13.8. The molecule has 0 saturated heterocycles. The quantitative estimate of drug-likeness (QED) is 0.688. The van der Waals surface area contributed by atoms with Gasteiger partial charge in [-0.15, -0.1) is 0 Å². The highest BCUT2D eigenvalue weighted by Gasteiger charge is 2.23. The summed E-state index contributed by atoms with van der Waals surface area (Å²) in [5.74, 6) is 1.60. The molecule has 1 aromatic heterocycles. The third-order valence-electron chi connectivity index (χ3n) is 3.43. The van der Waals surface area contributed by atoms with Crippen LogP contribution in [-0.2, 0) is 5.41 Å². The molecule has 0 spiro atoms. The van der Waals surface area contributed by atoms with E-state index in [0.717, 1.165) is 16.9 Å². The van der Waals surface area contributed by atoms with Crippen LogP contribution >= 0.6 is 0 Å². The van der Waals surface area contributed by atoms with Crippen LogP contribution in [0.15, 0.2) is 39.4 Å². The zero-order chi connectivity index (χ0) is 17.2. The number of nitrogens with zero attached hydrogens (tertiary/aromatic N) is 3. The van der Waals surface area contributed by atoms with Crippen molar-refractivity contribution in [3.63, 3.8) is 0 Å². The zero-order valence-electron chi connectivity index (χ0n) is 13.8. The van der Waals surface area contributed by atoms with Crippen LogP contribution in [0.3, 0.4) is 0 Å². The number of para-hydroxylation sites is 1. The maximum absolute atomic E-state index is 9.16. The van der Waals surface area contributed by atoms with E-state index in [0.29, 0.717) is 12.5 Å². The van der Waals surface area contributed by atoms with Crippen molar-refractivity contribution < 1.29 is 9.15 Å². The van der Waals surface area contributed by atoms with Crippen molar-refractivity contribution in [1.82, 2.24) is 4.98 Å². The molecule has 0 amide bonds. The topological polar surface area (TPSA) is 83.4 Å². The van der Waals surface area contributed by atoms with E-state index in [9.17, 15) is 0 Å². The van der Waals surface area contributed by atoms with Crippen molar-refractivity contribution in [1.29, 1.82) is 5.26 Å². The van der Waals surface area contributed by atoms with Crippen LogP contribution in [0.25, 0.3) is 6.08 Å². The minimum Gasteiger partial charge on any atom is -0.488 e. The molecule has 2 heterocycles. The molecule has 0 bridgehead atoms. The SMILES string of the molecule is CC(C)(C)c1nc(C#N)c(N/N=C/C2=Cc3ccccc3OC2)o1. The highest BCUT2D eigenvalue weighted by atomic mass is 16.5. The van der Waals surface area contributed by atoms with Gasteiger partial charge in [0.1, 0.15) is 18.4 Å². The van der Waals surface area contributed by atoms with Gasteiger partial charge in [-0.25, -0.2) is 5.43 Å². The van der Waals surface area contributed by atoms with Gasteiger partial charge in [-0.2, -0.15) is 15.3 Å². The molecule has 6 heteroatoms. The first-order chi connectivity index (χ1) is 11.5. The number of fused-ring (bicyclic) bond motifs is 1. The van der Waals surface area contributed by atoms with Crippen LogP contribution in [0, 0.1) is 11.3 Å². The van der Waals surface area contributed by atoms with Crippen LogP contribution in [0.4, 0.5) is 5.88 Å². The predicted octanol–water partition coefficient (Wildman–Crippen LogP) is 3.72. The van der Waals surface area contributed by atoms with E-state index in [2.05, 4.69) is 15.5 Å². The van der Waals surface area contributed by atoms with Gasteiger partial charge in [0.15, 0.2) is 0 Å². The molecular formula is C18H18N4O2. The smallest absolute Gasteiger partial charge is 0.252 e. The molecule has 122 valence electrons. The monoisotopic (exact) mass is 322 g/mol. The highest BCUT2D eigenvalue weighted by molar-refractivity contribution is 5.88. The largest absolute Gasteiger partial charge is 0.488 e. The molecule has 0 radical (unpaired) electrons. The first-order valence-electron chi connectivity index (χ1n) is 7.60. The number of hydrogen-bond donors (Lipinski definition) is 1. The van der Waals surface area contributed by atoms with Gasteiger partial charge < -0.3 is 9.15 Å². The van der Waals surface area contributed by atoms with Gasteiger partial charge in [0, 0.05) is 16.6 Å². The number of nitrogens with one attached hydrogen (secondary N) is 1. The lowest BCUT2D eigenvalue weighted by atomic mass is 9.97. The minimum atomic E-state index is -0.279. The van der Waals surface area contributed by atoms with Gasteiger partial charge in [0.05, 0.1) is 6.21 Å². The fourth-order valence-electron chi connectivity index (χ4n) is 2.17. The number of nitriles is 1. The van der Waals surface area contributed by atoms with E-state index in [1.54, 1.807) is 6.21 Å². The average Bonchev–Trinajstić information content (AvgIpc) is 2.98. The van der Waals surface area contributed by atoms with E-state index < -0.39 is 0 Å². The molecule has 1 aliphatic heterocycles. The third kappa shape index (κ3) is 3.30. The van der Waals surface area contributed by atoms with Crippen molar-refractivity contribution in [3.05, 3.63) is 47.0 Å². The lowest BCUT2D eigenvalue weighted by Crippen LogP contribution is -2.11. The molecule has 0 fully saturated rings. The van der Waals surface area contributed by atoms with Crippen LogP contribution in [-0.4, -0.2) is 17.8 Å². The Kier molecular flexibility index (Phi) is 4.09. The molecule has 1 N–H and O–H groups in total. The fraction of sp³-hybridized carbons (Fsp3) is 0.278. The summed E-state index contributed by atoms with van der Waals surface area (Å²) >= 11 is 0. The lowest BCUT2D eigenvalue weighted by Gasteiger charge is -2.15. The number of rotatable bonds is 3. The van der Waals surface area contributed by atoms with Crippen molar-refractivity contribution in [3.8, 4) is 11.8 Å². The van der Waals surface area contributed by atoms with E-state index in [4.69, 9.17) is 14.4 Å². The summed E-state index contributed by atoms with van der Waals surface area (Å²) in [4.78, 5) is 4.19. The molecule has 1 aliphatic rings. The van der Waals surface area contributed by atoms with Gasteiger partial charge in [0.2, 0.25) is 11.6 Å². The van der Waals surface area contributed by atoms with Crippen molar-refractivity contribution >= 4 is 18.2 Å². The van der Waals surface area contributed by atoms with Crippen LogP contribution in [0.1, 0.15) is 37.9 Å². The molecule has 2 aromatic rings. The second-order valence-corrected chi connectivity index (χ2v) is 6.47. The first kappa shape index (κ1) is 15.8. The van der Waals surface area contributed by atoms with E-state index >= 15 is 0 Å². The molecule has 3 rings (SSSR count). The molecule has 6 nitrogen and oxygen atoms in total. The number of hydrogen-bond acceptors (Lipinski definition) is 6. The minimum absolute atomic E-state index is 0.191. The summed E-state index contributed by atoms with van der Waals surface area (Å²) in [5, 5.41) is 13.3. The molecule has 24 heavy (non-hydrogen) atoms. The van der Waals surface area contributed by atoms with Crippen LogP contribution < -0.4 is 10.2 Å². The summed E-state index contributed by atoms with van der Waals surface area (Å²) in [6.45, 7) is 6.34. The fourth-order valence-corrected chi connectivity index (χ4v) is 2.17. The molecule has 0 saturated carbocycles. The lowest BCUT2D eigenvalue weighted by molar-refractivity contribution is 0.353. The van der Waals surface area contributed by atoms with Crippen molar-refractivity contribution in [2.24, 2.45) is 5.10 Å². The Morgan fingerprint density at radius 2 is 2.12 bits per heavy atom. The van der Waals surface area contributed by atoms with Gasteiger partial charge in [-0.3, -0.25) is 0 Å². The van der Waals surface area contributed by atoms with Gasteiger partial charge in [-0.05, 0) is 12.1 Å². The summed E-state index contributed by atoms with van der Waals surface area (Å²) in [5.41, 5.74) is 4.59.